The van der Waals surface area contributed by atoms with E-state index in [4.69, 9.17) is 16.0 Å². The van der Waals surface area contributed by atoms with Crippen LogP contribution in [0.1, 0.15) is 31.1 Å². The summed E-state index contributed by atoms with van der Waals surface area (Å²) in [5.41, 5.74) is 6.54. The molecule has 0 aliphatic rings. The van der Waals surface area contributed by atoms with Crippen molar-refractivity contribution >= 4 is 5.84 Å². The number of rotatable bonds is 2. The van der Waals surface area contributed by atoms with Gasteiger partial charge in [0.2, 0.25) is 0 Å². The minimum Gasteiger partial charge on any atom is -0.461 e. The first-order chi connectivity index (χ1) is 5.66. The van der Waals surface area contributed by atoms with Gasteiger partial charge in [0, 0.05) is 5.56 Å². The van der Waals surface area contributed by atoms with Crippen molar-refractivity contribution in [3.05, 3.63) is 23.7 Å². The van der Waals surface area contributed by atoms with Gasteiger partial charge in [0.25, 0.3) is 0 Å². The molecule has 0 spiro atoms. The minimum absolute atomic E-state index is 0.240. The first-order valence-electron chi connectivity index (χ1n) is 3.78. The Balaban J connectivity index is 3.07. The fourth-order valence-corrected chi connectivity index (χ4v) is 1.04. The summed E-state index contributed by atoms with van der Waals surface area (Å²) < 4.78 is 5.14. The van der Waals surface area contributed by atoms with Crippen LogP contribution in [0.15, 0.2) is 21.8 Å². The summed E-state index contributed by atoms with van der Waals surface area (Å²) in [7, 11) is 0. The lowest BCUT2D eigenvalue weighted by Gasteiger charge is -2.03. The largest absolute Gasteiger partial charge is 0.461 e. The summed E-state index contributed by atoms with van der Waals surface area (Å²) >= 11 is 0. The zero-order valence-corrected chi connectivity index (χ0v) is 7.24. The van der Waals surface area contributed by atoms with Crippen molar-refractivity contribution in [1.82, 2.24) is 0 Å². The SMILES string of the molecule is CC(C)c1ccoc1/C(N)=N/N. The predicted octanol–water partition coefficient (Wildman–Crippen LogP) is 0.982. The lowest BCUT2D eigenvalue weighted by Crippen LogP contribution is -2.16. The zero-order chi connectivity index (χ0) is 9.14. The molecular weight excluding hydrogens is 154 g/mol. The molecule has 0 fully saturated rings. The molecule has 0 aromatic carbocycles. The van der Waals surface area contributed by atoms with Crippen molar-refractivity contribution in [3.63, 3.8) is 0 Å². The number of hydrogen-bond donors (Lipinski definition) is 2. The molecule has 0 unspecified atom stereocenters. The Labute approximate surface area is 71.2 Å². The molecule has 1 aromatic rings. The Kier molecular flexibility index (Phi) is 2.38. The van der Waals surface area contributed by atoms with E-state index in [9.17, 15) is 0 Å². The van der Waals surface area contributed by atoms with Crippen molar-refractivity contribution in [2.24, 2.45) is 16.7 Å². The highest BCUT2D eigenvalue weighted by atomic mass is 16.3. The van der Waals surface area contributed by atoms with Gasteiger partial charge < -0.3 is 16.0 Å². The second-order valence-corrected chi connectivity index (χ2v) is 2.87. The van der Waals surface area contributed by atoms with Crippen molar-refractivity contribution in [2.45, 2.75) is 19.8 Å². The van der Waals surface area contributed by atoms with Crippen LogP contribution < -0.4 is 11.6 Å². The molecule has 0 aliphatic carbocycles. The second kappa shape index (κ2) is 3.30. The van der Waals surface area contributed by atoms with Crippen LogP contribution in [0.25, 0.3) is 0 Å². The Morgan fingerprint density at radius 2 is 2.25 bits per heavy atom. The van der Waals surface area contributed by atoms with Crippen LogP contribution in [0, 0.1) is 0 Å². The van der Waals surface area contributed by atoms with Gasteiger partial charge in [-0.1, -0.05) is 13.8 Å². The topological polar surface area (TPSA) is 77.5 Å². The third-order valence-corrected chi connectivity index (χ3v) is 1.69. The van der Waals surface area contributed by atoms with E-state index in [0.717, 1.165) is 5.56 Å². The van der Waals surface area contributed by atoms with E-state index in [-0.39, 0.29) is 5.84 Å². The third kappa shape index (κ3) is 1.42. The van der Waals surface area contributed by atoms with Crippen LogP contribution in [0.3, 0.4) is 0 Å². The summed E-state index contributed by atoms with van der Waals surface area (Å²) in [5.74, 6) is 6.21. The summed E-state index contributed by atoms with van der Waals surface area (Å²) in [5, 5.41) is 3.37. The molecule has 0 radical (unpaired) electrons. The molecule has 4 heteroatoms. The van der Waals surface area contributed by atoms with Crippen molar-refractivity contribution in [3.8, 4) is 0 Å². The molecule has 1 aromatic heterocycles. The molecule has 66 valence electrons. The summed E-state index contributed by atoms with van der Waals surface area (Å²) in [6, 6.07) is 1.87. The molecule has 4 N–H and O–H groups in total. The molecule has 0 saturated heterocycles. The zero-order valence-electron chi connectivity index (χ0n) is 7.24. The number of amidine groups is 1. The number of hydrazone groups is 1. The van der Waals surface area contributed by atoms with Crippen LogP contribution in [0.2, 0.25) is 0 Å². The molecular formula is C8H13N3O. The Bertz CT molecular complexity index is 288. The van der Waals surface area contributed by atoms with E-state index in [1.54, 1.807) is 6.26 Å². The third-order valence-electron chi connectivity index (χ3n) is 1.69. The van der Waals surface area contributed by atoms with Crippen molar-refractivity contribution < 1.29 is 4.42 Å². The number of nitrogens with two attached hydrogens (primary N) is 2. The first-order valence-corrected chi connectivity index (χ1v) is 3.78. The van der Waals surface area contributed by atoms with Crippen LogP contribution >= 0.6 is 0 Å². The number of nitrogens with zero attached hydrogens (tertiary/aromatic N) is 1. The molecule has 0 bridgehead atoms. The maximum absolute atomic E-state index is 5.51. The van der Waals surface area contributed by atoms with E-state index < -0.39 is 0 Å². The van der Waals surface area contributed by atoms with Gasteiger partial charge in [-0.3, -0.25) is 0 Å². The molecule has 0 saturated carbocycles. The fraction of sp³-hybridized carbons (Fsp3) is 0.375. The molecule has 1 rings (SSSR count). The molecule has 0 aliphatic heterocycles. The van der Waals surface area contributed by atoms with Crippen molar-refractivity contribution in [2.75, 3.05) is 0 Å². The summed E-state index contributed by atoms with van der Waals surface area (Å²) in [4.78, 5) is 0. The summed E-state index contributed by atoms with van der Waals surface area (Å²) in [6.07, 6.45) is 1.59. The molecule has 12 heavy (non-hydrogen) atoms. The monoisotopic (exact) mass is 167 g/mol. The minimum atomic E-state index is 0.240. The van der Waals surface area contributed by atoms with Gasteiger partial charge in [0.05, 0.1) is 6.26 Å². The molecule has 0 amide bonds. The predicted molar refractivity (Wildman–Crippen MR) is 47.7 cm³/mol. The Morgan fingerprint density at radius 3 is 2.75 bits per heavy atom. The van der Waals surface area contributed by atoms with Crippen LogP contribution in [0.4, 0.5) is 0 Å². The highest BCUT2D eigenvalue weighted by Crippen LogP contribution is 2.19. The molecule has 1 heterocycles. The Hall–Kier alpha value is -1.45. The van der Waals surface area contributed by atoms with Gasteiger partial charge in [-0.2, -0.15) is 5.10 Å². The van der Waals surface area contributed by atoms with Gasteiger partial charge in [-0.25, -0.2) is 0 Å². The Morgan fingerprint density at radius 1 is 1.58 bits per heavy atom. The average molecular weight is 167 g/mol. The van der Waals surface area contributed by atoms with E-state index >= 15 is 0 Å². The average Bonchev–Trinajstić information content (AvgIpc) is 2.50. The van der Waals surface area contributed by atoms with Gasteiger partial charge in [-0.15, -0.1) is 0 Å². The second-order valence-electron chi connectivity index (χ2n) is 2.87. The highest BCUT2D eigenvalue weighted by molar-refractivity contribution is 5.96. The fourth-order valence-electron chi connectivity index (χ4n) is 1.04. The van der Waals surface area contributed by atoms with Gasteiger partial charge >= 0.3 is 0 Å². The van der Waals surface area contributed by atoms with E-state index in [1.807, 2.05) is 6.07 Å². The maximum atomic E-state index is 5.51. The smallest absolute Gasteiger partial charge is 0.186 e. The van der Waals surface area contributed by atoms with Crippen LogP contribution in [-0.2, 0) is 0 Å². The maximum Gasteiger partial charge on any atom is 0.186 e. The normalized spacial score (nSPS) is 12.4. The first kappa shape index (κ1) is 8.64. The lowest BCUT2D eigenvalue weighted by atomic mass is 10.0. The highest BCUT2D eigenvalue weighted by Gasteiger charge is 2.12. The molecule has 4 nitrogen and oxygen atoms in total. The van der Waals surface area contributed by atoms with Gasteiger partial charge in [0.15, 0.2) is 11.6 Å². The van der Waals surface area contributed by atoms with Crippen LogP contribution in [0.5, 0.6) is 0 Å². The summed E-state index contributed by atoms with van der Waals surface area (Å²) in [6.45, 7) is 4.11. The molecule has 0 atom stereocenters. The number of furan rings is 1. The van der Waals surface area contributed by atoms with E-state index in [2.05, 4.69) is 18.9 Å². The van der Waals surface area contributed by atoms with E-state index in [1.165, 1.54) is 0 Å². The number of hydrogen-bond acceptors (Lipinski definition) is 3. The lowest BCUT2D eigenvalue weighted by molar-refractivity contribution is 0.550. The van der Waals surface area contributed by atoms with E-state index in [0.29, 0.717) is 11.7 Å². The van der Waals surface area contributed by atoms with Crippen molar-refractivity contribution in [1.29, 1.82) is 0 Å². The quantitative estimate of drug-likeness (QED) is 0.298. The van der Waals surface area contributed by atoms with Crippen LogP contribution in [-0.4, -0.2) is 5.84 Å². The van der Waals surface area contributed by atoms with Gasteiger partial charge in [-0.05, 0) is 12.0 Å². The standard InChI is InChI=1S/C8H13N3O/c1-5(2)6-3-4-12-7(6)8(9)11-10/h3-5H,10H2,1-2H3,(H2,9,11). The van der Waals surface area contributed by atoms with Gasteiger partial charge in [0.1, 0.15) is 0 Å².